The van der Waals surface area contributed by atoms with E-state index in [0.717, 1.165) is 5.56 Å². The van der Waals surface area contributed by atoms with E-state index in [1.54, 1.807) is 6.92 Å². The summed E-state index contributed by atoms with van der Waals surface area (Å²) in [5.74, 6) is -0.344. The molecule has 0 N–H and O–H groups in total. The summed E-state index contributed by atoms with van der Waals surface area (Å²) >= 11 is 0. The van der Waals surface area contributed by atoms with Crippen LogP contribution in [-0.4, -0.2) is 5.97 Å². The summed E-state index contributed by atoms with van der Waals surface area (Å²) in [4.78, 5) is 11.0. The number of ether oxygens (including phenoxy) is 1. The van der Waals surface area contributed by atoms with Crippen LogP contribution in [0.5, 0.6) is 0 Å². The third-order valence-corrected chi connectivity index (χ3v) is 1.56. The Morgan fingerprint density at radius 1 is 1.36 bits per heavy atom. The average Bonchev–Trinajstić information content (AvgIpc) is 2.15. The Hall–Kier alpha value is -1.64. The fourth-order valence-electron chi connectivity index (χ4n) is 0.846. The molecule has 0 radical (unpaired) electrons. The van der Waals surface area contributed by atoms with E-state index in [0.29, 0.717) is 12.2 Å². The largest absolute Gasteiger partial charge is 0.457 e. The van der Waals surface area contributed by atoms with Crippen molar-refractivity contribution in [3.8, 4) is 0 Å². The van der Waals surface area contributed by atoms with Gasteiger partial charge in [-0.05, 0) is 12.5 Å². The van der Waals surface area contributed by atoms with Gasteiger partial charge in [-0.15, -0.1) is 0 Å². The number of hydrogen-bond acceptors (Lipinski definition) is 2. The van der Waals surface area contributed by atoms with Crippen LogP contribution >= 0.6 is 0 Å². The van der Waals surface area contributed by atoms with E-state index < -0.39 is 0 Å². The summed E-state index contributed by atoms with van der Waals surface area (Å²) < 4.78 is 4.95. The Balaban J connectivity index is 0.00000169. The molecule has 0 spiro atoms. The summed E-state index contributed by atoms with van der Waals surface area (Å²) in [6.45, 7) is 5.44. The molecule has 14 heavy (non-hydrogen) atoms. The lowest BCUT2D eigenvalue weighted by Gasteiger charge is -2.03. The molecule has 0 saturated heterocycles. The first kappa shape index (κ1) is 12.4. The Labute approximate surface area is 82.6 Å². The topological polar surface area (TPSA) is 26.3 Å². The number of hydrogen-bond donors (Lipinski definition) is 0. The zero-order valence-corrected chi connectivity index (χ0v) is 8.03. The highest BCUT2D eigenvalue weighted by molar-refractivity contribution is 5.86. The van der Waals surface area contributed by atoms with Gasteiger partial charge in [0, 0.05) is 5.57 Å². The number of carbonyl (C=O) groups excluding carboxylic acids is 1. The molecule has 0 aliphatic heterocycles. The van der Waals surface area contributed by atoms with Crippen LogP contribution in [0.4, 0.5) is 4.70 Å². The number of esters is 1. The highest BCUT2D eigenvalue weighted by Crippen LogP contribution is 2.02. The van der Waals surface area contributed by atoms with Gasteiger partial charge in [0.2, 0.25) is 0 Å². The maximum Gasteiger partial charge on any atom is 0.333 e. The van der Waals surface area contributed by atoms with E-state index in [-0.39, 0.29) is 10.7 Å². The van der Waals surface area contributed by atoms with Crippen LogP contribution < -0.4 is 0 Å². The summed E-state index contributed by atoms with van der Waals surface area (Å²) in [6, 6.07) is 9.55. The smallest absolute Gasteiger partial charge is 0.333 e. The molecule has 76 valence electrons. The lowest BCUT2D eigenvalue weighted by Crippen LogP contribution is -2.04. The Kier molecular flexibility index (Phi) is 5.22. The second-order valence-corrected chi connectivity index (χ2v) is 2.84. The molecule has 3 heteroatoms. The first-order chi connectivity index (χ1) is 6.20. The summed E-state index contributed by atoms with van der Waals surface area (Å²) in [6.07, 6.45) is 0. The van der Waals surface area contributed by atoms with Crippen molar-refractivity contribution < 1.29 is 14.2 Å². The number of benzene rings is 1. The Morgan fingerprint density at radius 2 is 1.93 bits per heavy atom. The van der Waals surface area contributed by atoms with E-state index in [2.05, 4.69) is 6.58 Å². The van der Waals surface area contributed by atoms with Gasteiger partial charge in [-0.25, -0.2) is 4.79 Å². The molecular weight excluding hydrogens is 183 g/mol. The van der Waals surface area contributed by atoms with Gasteiger partial charge in [0.15, 0.2) is 0 Å². The number of rotatable bonds is 3. The predicted molar refractivity (Wildman–Crippen MR) is 53.6 cm³/mol. The minimum absolute atomic E-state index is 0. The first-order valence-corrected chi connectivity index (χ1v) is 4.06. The molecule has 0 fully saturated rings. The van der Waals surface area contributed by atoms with Gasteiger partial charge < -0.3 is 4.74 Å². The quantitative estimate of drug-likeness (QED) is 0.548. The minimum atomic E-state index is -0.344. The second-order valence-electron chi connectivity index (χ2n) is 2.84. The molecule has 0 saturated carbocycles. The van der Waals surface area contributed by atoms with Crippen molar-refractivity contribution in [2.45, 2.75) is 13.5 Å². The fraction of sp³-hybridized carbons (Fsp3) is 0.182. The molecule has 2 nitrogen and oxygen atoms in total. The van der Waals surface area contributed by atoms with Crippen LogP contribution in [-0.2, 0) is 16.1 Å². The Bertz CT molecular complexity index is 306. The molecule has 0 unspecified atom stereocenters. The Morgan fingerprint density at radius 3 is 2.43 bits per heavy atom. The zero-order valence-electron chi connectivity index (χ0n) is 8.03. The van der Waals surface area contributed by atoms with E-state index in [4.69, 9.17) is 4.74 Å². The molecule has 1 aromatic carbocycles. The lowest BCUT2D eigenvalue weighted by molar-refractivity contribution is -0.140. The van der Waals surface area contributed by atoms with Crippen molar-refractivity contribution in [2.24, 2.45) is 0 Å². The van der Waals surface area contributed by atoms with Crippen molar-refractivity contribution in [1.29, 1.82) is 0 Å². The fourth-order valence-corrected chi connectivity index (χ4v) is 0.846. The maximum atomic E-state index is 11.0. The molecule has 0 aliphatic rings. The van der Waals surface area contributed by atoms with Crippen LogP contribution in [0.25, 0.3) is 0 Å². The molecule has 0 aromatic heterocycles. The van der Waals surface area contributed by atoms with Crippen molar-refractivity contribution in [2.75, 3.05) is 0 Å². The van der Waals surface area contributed by atoms with Crippen LogP contribution in [0.1, 0.15) is 12.5 Å². The molecule has 1 rings (SSSR count). The lowest BCUT2D eigenvalue weighted by atomic mass is 10.2. The van der Waals surface area contributed by atoms with Crippen LogP contribution in [0.2, 0.25) is 0 Å². The van der Waals surface area contributed by atoms with Crippen molar-refractivity contribution in [3.05, 3.63) is 48.0 Å². The van der Waals surface area contributed by atoms with Gasteiger partial charge in [0.1, 0.15) is 6.61 Å². The zero-order chi connectivity index (χ0) is 9.68. The standard InChI is InChI=1S/C11H12O2.FH/c1-9(2)11(12)13-8-10-6-4-3-5-7-10;/h3-7H,1,8H2,2H3;1H. The van der Waals surface area contributed by atoms with E-state index in [9.17, 15) is 4.79 Å². The van der Waals surface area contributed by atoms with E-state index >= 15 is 0 Å². The summed E-state index contributed by atoms with van der Waals surface area (Å²) in [5, 5.41) is 0. The van der Waals surface area contributed by atoms with Crippen LogP contribution in [0, 0.1) is 0 Å². The van der Waals surface area contributed by atoms with Gasteiger partial charge in [-0.1, -0.05) is 36.9 Å². The minimum Gasteiger partial charge on any atom is -0.457 e. The van der Waals surface area contributed by atoms with Crippen molar-refractivity contribution in [3.63, 3.8) is 0 Å². The molecule has 0 atom stereocenters. The molecule has 0 heterocycles. The monoisotopic (exact) mass is 196 g/mol. The summed E-state index contributed by atoms with van der Waals surface area (Å²) in [5.41, 5.74) is 1.41. The molecule has 1 aromatic rings. The normalized spacial score (nSPS) is 8.64. The predicted octanol–water partition coefficient (Wildman–Crippen LogP) is 2.46. The van der Waals surface area contributed by atoms with Gasteiger partial charge in [0.05, 0.1) is 0 Å². The highest BCUT2D eigenvalue weighted by Gasteiger charge is 2.02. The van der Waals surface area contributed by atoms with Gasteiger partial charge in [-0.2, -0.15) is 0 Å². The van der Waals surface area contributed by atoms with E-state index in [1.165, 1.54) is 0 Å². The molecule has 0 aliphatic carbocycles. The third kappa shape index (κ3) is 3.85. The second kappa shape index (κ2) is 5.91. The first-order valence-electron chi connectivity index (χ1n) is 4.06. The van der Waals surface area contributed by atoms with E-state index in [1.807, 2.05) is 30.3 Å². The van der Waals surface area contributed by atoms with Gasteiger partial charge >= 0.3 is 5.97 Å². The highest BCUT2D eigenvalue weighted by atomic mass is 19.0. The van der Waals surface area contributed by atoms with Crippen molar-refractivity contribution in [1.82, 2.24) is 0 Å². The molecule has 0 amide bonds. The summed E-state index contributed by atoms with van der Waals surface area (Å²) in [7, 11) is 0. The molecular formula is C11H13FO2. The van der Waals surface area contributed by atoms with Crippen LogP contribution in [0.3, 0.4) is 0 Å². The van der Waals surface area contributed by atoms with Crippen LogP contribution in [0.15, 0.2) is 42.5 Å². The van der Waals surface area contributed by atoms with Crippen molar-refractivity contribution >= 4 is 5.97 Å². The SMILES string of the molecule is C=C(C)C(=O)OCc1ccccc1.F. The average molecular weight is 196 g/mol. The van der Waals surface area contributed by atoms with Gasteiger partial charge in [0.25, 0.3) is 0 Å². The van der Waals surface area contributed by atoms with Gasteiger partial charge in [-0.3, -0.25) is 4.70 Å². The number of carbonyl (C=O) groups is 1. The molecule has 0 bridgehead atoms. The third-order valence-electron chi connectivity index (χ3n) is 1.56. The number of halogens is 1. The maximum absolute atomic E-state index is 11.0.